The van der Waals surface area contributed by atoms with Gasteiger partial charge in [0.05, 0.1) is 5.56 Å². The van der Waals surface area contributed by atoms with Crippen LogP contribution in [0.3, 0.4) is 0 Å². The molecule has 122 valence electrons. The third kappa shape index (κ3) is 3.13. The van der Waals surface area contributed by atoms with E-state index in [-0.39, 0.29) is 18.4 Å². The van der Waals surface area contributed by atoms with Gasteiger partial charge in [-0.25, -0.2) is 22.0 Å². The summed E-state index contributed by atoms with van der Waals surface area (Å²) in [7, 11) is 0. The summed E-state index contributed by atoms with van der Waals surface area (Å²) in [5, 5.41) is 0. The maximum absolute atomic E-state index is 13.8. The molecule has 0 bridgehead atoms. The highest BCUT2D eigenvalue weighted by atomic mass is 19.3. The van der Waals surface area contributed by atoms with Crippen molar-refractivity contribution in [2.24, 2.45) is 0 Å². The lowest BCUT2D eigenvalue weighted by atomic mass is 10.1. The minimum absolute atomic E-state index is 0.0914. The van der Waals surface area contributed by atoms with Gasteiger partial charge in [0.2, 0.25) is 0 Å². The van der Waals surface area contributed by atoms with Crippen LogP contribution in [0.25, 0.3) is 0 Å². The van der Waals surface area contributed by atoms with Crippen molar-refractivity contribution in [1.29, 1.82) is 0 Å². The summed E-state index contributed by atoms with van der Waals surface area (Å²) < 4.78 is 97.1. The summed E-state index contributed by atoms with van der Waals surface area (Å²) in [5.41, 5.74) is -2.41. The zero-order chi connectivity index (χ0) is 17.4. The predicted octanol–water partition coefficient (Wildman–Crippen LogP) is 4.32. The molecule has 23 heavy (non-hydrogen) atoms. The van der Waals surface area contributed by atoms with Crippen LogP contribution in [0.4, 0.5) is 30.7 Å². The van der Waals surface area contributed by atoms with E-state index in [2.05, 4.69) is 4.74 Å². The Balaban J connectivity index is 2.43. The summed E-state index contributed by atoms with van der Waals surface area (Å²) in [6.07, 6.45) is -4.63. The molecule has 0 aliphatic heterocycles. The van der Waals surface area contributed by atoms with Gasteiger partial charge in [-0.3, -0.25) is 4.79 Å². The van der Waals surface area contributed by atoms with Crippen LogP contribution in [0.5, 0.6) is 5.75 Å². The standard InChI is InChI=1S/C14H5F7O2/c15-9-3-7(4-10(16)13(9)19)23-14(20,21)8-2-1-6(5-22)11(17)12(8)18/h1-5H. The van der Waals surface area contributed by atoms with Crippen LogP contribution in [-0.4, -0.2) is 6.29 Å². The molecule has 0 saturated heterocycles. The second-order valence-electron chi connectivity index (χ2n) is 4.27. The normalized spacial score (nSPS) is 11.4. The van der Waals surface area contributed by atoms with Crippen molar-refractivity contribution in [3.63, 3.8) is 0 Å². The van der Waals surface area contributed by atoms with Gasteiger partial charge >= 0.3 is 6.11 Å². The maximum atomic E-state index is 13.8. The molecule has 2 nitrogen and oxygen atoms in total. The Morgan fingerprint density at radius 1 is 0.870 bits per heavy atom. The zero-order valence-corrected chi connectivity index (χ0v) is 10.8. The Morgan fingerprint density at radius 3 is 1.96 bits per heavy atom. The highest BCUT2D eigenvalue weighted by molar-refractivity contribution is 5.75. The summed E-state index contributed by atoms with van der Waals surface area (Å²) in [6.45, 7) is 0. The average molecular weight is 338 g/mol. The molecule has 2 aromatic rings. The van der Waals surface area contributed by atoms with Crippen LogP contribution in [0.1, 0.15) is 15.9 Å². The molecule has 0 unspecified atom stereocenters. The zero-order valence-electron chi connectivity index (χ0n) is 10.8. The molecule has 0 atom stereocenters. The van der Waals surface area contributed by atoms with Crippen molar-refractivity contribution in [2.75, 3.05) is 0 Å². The highest BCUT2D eigenvalue weighted by Crippen LogP contribution is 2.35. The van der Waals surface area contributed by atoms with Gasteiger partial charge in [-0.15, -0.1) is 0 Å². The van der Waals surface area contributed by atoms with Crippen LogP contribution >= 0.6 is 0 Å². The van der Waals surface area contributed by atoms with E-state index in [1.807, 2.05) is 0 Å². The van der Waals surface area contributed by atoms with Gasteiger partial charge in [0.15, 0.2) is 35.4 Å². The fourth-order valence-corrected chi connectivity index (χ4v) is 1.67. The Morgan fingerprint density at radius 2 is 1.43 bits per heavy atom. The molecule has 0 N–H and O–H groups in total. The maximum Gasteiger partial charge on any atom is 0.429 e. The third-order valence-corrected chi connectivity index (χ3v) is 2.76. The molecule has 0 spiro atoms. The predicted molar refractivity (Wildman–Crippen MR) is 62.6 cm³/mol. The summed E-state index contributed by atoms with van der Waals surface area (Å²) in [6, 6.07) is 1.17. The first-order valence-electron chi connectivity index (χ1n) is 5.82. The quantitative estimate of drug-likeness (QED) is 0.471. The van der Waals surface area contributed by atoms with Gasteiger partial charge in [-0.2, -0.15) is 8.78 Å². The molecular weight excluding hydrogens is 333 g/mol. The van der Waals surface area contributed by atoms with Crippen molar-refractivity contribution < 1.29 is 40.3 Å². The number of ether oxygens (including phenoxy) is 1. The van der Waals surface area contributed by atoms with Crippen LogP contribution in [-0.2, 0) is 6.11 Å². The van der Waals surface area contributed by atoms with Gasteiger partial charge in [0, 0.05) is 12.1 Å². The molecule has 0 amide bonds. The molecule has 0 aromatic heterocycles. The largest absolute Gasteiger partial charge is 0.429 e. The lowest BCUT2D eigenvalue weighted by Gasteiger charge is -2.19. The first kappa shape index (κ1) is 16.8. The van der Waals surface area contributed by atoms with Crippen LogP contribution in [0.2, 0.25) is 0 Å². The Labute approximate surface area is 124 Å². The van der Waals surface area contributed by atoms with Gasteiger partial charge in [-0.1, -0.05) is 0 Å². The van der Waals surface area contributed by atoms with E-state index in [4.69, 9.17) is 0 Å². The lowest BCUT2D eigenvalue weighted by Crippen LogP contribution is -2.24. The Hall–Kier alpha value is -2.58. The van der Waals surface area contributed by atoms with Crippen molar-refractivity contribution in [2.45, 2.75) is 6.11 Å². The smallest absolute Gasteiger partial charge is 0.429 e. The van der Waals surface area contributed by atoms with E-state index in [0.717, 1.165) is 0 Å². The lowest BCUT2D eigenvalue weighted by molar-refractivity contribution is -0.188. The Kier molecular flexibility index (Phi) is 4.31. The van der Waals surface area contributed by atoms with E-state index in [9.17, 15) is 35.5 Å². The number of alkyl halides is 2. The number of hydrogen-bond acceptors (Lipinski definition) is 2. The Bertz CT molecular complexity index is 751. The molecule has 0 aliphatic carbocycles. The third-order valence-electron chi connectivity index (χ3n) is 2.76. The summed E-state index contributed by atoms with van der Waals surface area (Å²) in [4.78, 5) is 10.4. The minimum Gasteiger partial charge on any atom is -0.429 e. The van der Waals surface area contributed by atoms with E-state index in [0.29, 0.717) is 12.1 Å². The van der Waals surface area contributed by atoms with Gasteiger partial charge < -0.3 is 4.74 Å². The number of carbonyl (C=O) groups is 1. The van der Waals surface area contributed by atoms with Gasteiger partial charge in [0.25, 0.3) is 0 Å². The van der Waals surface area contributed by atoms with E-state index >= 15 is 0 Å². The molecule has 0 aliphatic rings. The molecule has 0 heterocycles. The summed E-state index contributed by atoms with van der Waals surface area (Å²) >= 11 is 0. The number of benzene rings is 2. The number of halogens is 7. The average Bonchev–Trinajstić information content (AvgIpc) is 2.46. The molecule has 0 saturated carbocycles. The number of carbonyl (C=O) groups excluding carboxylic acids is 1. The summed E-state index contributed by atoms with van der Waals surface area (Å²) in [5.74, 6) is -10.6. The molecule has 9 heteroatoms. The first-order chi connectivity index (χ1) is 10.7. The first-order valence-corrected chi connectivity index (χ1v) is 5.82. The highest BCUT2D eigenvalue weighted by Gasteiger charge is 2.39. The van der Waals surface area contributed by atoms with Crippen LogP contribution in [0.15, 0.2) is 24.3 Å². The second-order valence-corrected chi connectivity index (χ2v) is 4.27. The van der Waals surface area contributed by atoms with Crippen molar-refractivity contribution in [3.05, 3.63) is 64.5 Å². The van der Waals surface area contributed by atoms with Crippen molar-refractivity contribution >= 4 is 6.29 Å². The van der Waals surface area contributed by atoms with E-state index in [1.165, 1.54) is 0 Å². The van der Waals surface area contributed by atoms with Gasteiger partial charge in [0.1, 0.15) is 11.3 Å². The van der Waals surface area contributed by atoms with Crippen molar-refractivity contribution in [3.8, 4) is 5.75 Å². The van der Waals surface area contributed by atoms with Gasteiger partial charge in [-0.05, 0) is 12.1 Å². The van der Waals surface area contributed by atoms with E-state index in [1.54, 1.807) is 0 Å². The van der Waals surface area contributed by atoms with Crippen LogP contribution < -0.4 is 4.74 Å². The number of hydrogen-bond donors (Lipinski definition) is 0. The van der Waals surface area contributed by atoms with Crippen LogP contribution in [0, 0.1) is 29.1 Å². The fourth-order valence-electron chi connectivity index (χ4n) is 1.67. The molecular formula is C14H5F7O2. The second kappa shape index (κ2) is 5.90. The SMILES string of the molecule is O=Cc1ccc(C(F)(F)Oc2cc(F)c(F)c(F)c2)c(F)c1F. The minimum atomic E-state index is -4.54. The molecule has 2 aromatic carbocycles. The fraction of sp³-hybridized carbons (Fsp3) is 0.0714. The van der Waals surface area contributed by atoms with E-state index < -0.39 is 52.1 Å². The number of aldehydes is 1. The molecule has 0 radical (unpaired) electrons. The number of rotatable bonds is 4. The molecule has 0 fully saturated rings. The molecule has 2 rings (SSSR count). The monoisotopic (exact) mass is 338 g/mol. The topological polar surface area (TPSA) is 26.3 Å². The van der Waals surface area contributed by atoms with Crippen molar-refractivity contribution in [1.82, 2.24) is 0 Å².